The molecule has 0 bridgehead atoms. The number of aliphatic carboxylic acids is 1. The maximum absolute atomic E-state index is 12.9. The van der Waals surface area contributed by atoms with Gasteiger partial charge < -0.3 is 14.9 Å². The van der Waals surface area contributed by atoms with Crippen molar-refractivity contribution in [3.8, 4) is 5.75 Å². The van der Waals surface area contributed by atoms with Crippen molar-refractivity contribution < 1.29 is 19.7 Å². The number of rotatable bonds is 10. The zero-order valence-electron chi connectivity index (χ0n) is 20.2. The number of likely N-dealkylation sites (tertiary alicyclic amines) is 1. The molecule has 1 heterocycles. The highest BCUT2D eigenvalue weighted by atomic mass is 35.5. The van der Waals surface area contributed by atoms with Gasteiger partial charge in [0, 0.05) is 29.2 Å². The van der Waals surface area contributed by atoms with Crippen LogP contribution in [0.5, 0.6) is 5.75 Å². The van der Waals surface area contributed by atoms with Gasteiger partial charge in [0.25, 0.3) is 0 Å². The number of halogens is 1. The highest BCUT2D eigenvalue weighted by Gasteiger charge is 2.45. The number of hydrogen-bond donors (Lipinski definition) is 2. The van der Waals surface area contributed by atoms with E-state index in [1.165, 1.54) is 6.07 Å². The number of carboxylic acids is 1. The minimum Gasteiger partial charge on any atom is -0.508 e. The van der Waals surface area contributed by atoms with E-state index in [-0.39, 0.29) is 17.4 Å². The number of aromatic hydroxyl groups is 1. The summed E-state index contributed by atoms with van der Waals surface area (Å²) in [5.41, 5.74) is 0.979. The van der Waals surface area contributed by atoms with Crippen LogP contribution in [-0.2, 0) is 21.6 Å². The Morgan fingerprint density at radius 2 is 1.54 bits per heavy atom. The molecule has 4 rings (SSSR count). The maximum atomic E-state index is 12.9. The Kier molecular flexibility index (Phi) is 7.50. The van der Waals surface area contributed by atoms with Crippen LogP contribution in [0.3, 0.4) is 0 Å². The fraction of sp³-hybridized carbons (Fsp3) is 0.345. The fourth-order valence-corrected chi connectivity index (χ4v) is 4.98. The molecule has 0 aliphatic carbocycles. The van der Waals surface area contributed by atoms with Gasteiger partial charge in [0.05, 0.1) is 12.7 Å². The van der Waals surface area contributed by atoms with Crippen molar-refractivity contribution in [1.29, 1.82) is 0 Å². The first-order valence-corrected chi connectivity index (χ1v) is 12.3. The topological polar surface area (TPSA) is 70.0 Å². The van der Waals surface area contributed by atoms with E-state index in [1.807, 2.05) is 60.7 Å². The molecule has 0 saturated carbocycles. The van der Waals surface area contributed by atoms with Gasteiger partial charge in [-0.2, -0.15) is 0 Å². The largest absolute Gasteiger partial charge is 0.508 e. The average molecular weight is 494 g/mol. The second-order valence-electron chi connectivity index (χ2n) is 9.87. The molecular weight excluding hydrogens is 462 g/mol. The number of ether oxygens (including phenoxy) is 1. The lowest BCUT2D eigenvalue weighted by atomic mass is 9.69. The Balaban J connectivity index is 1.43. The number of carbonyl (C=O) groups is 1. The quantitative estimate of drug-likeness (QED) is 0.369. The van der Waals surface area contributed by atoms with Gasteiger partial charge in [-0.25, -0.2) is 0 Å². The molecule has 0 amide bonds. The summed E-state index contributed by atoms with van der Waals surface area (Å²) < 4.78 is 5.99. The molecule has 35 heavy (non-hydrogen) atoms. The molecule has 3 aromatic carbocycles. The number of phenolic OH excluding ortho intramolecular Hbond substituents is 1. The third kappa shape index (κ3) is 5.37. The predicted octanol–water partition coefficient (Wildman–Crippen LogP) is 5.88. The monoisotopic (exact) mass is 493 g/mol. The van der Waals surface area contributed by atoms with Crippen LogP contribution in [0.1, 0.15) is 43.4 Å². The van der Waals surface area contributed by atoms with Gasteiger partial charge >= 0.3 is 5.97 Å². The van der Waals surface area contributed by atoms with Crippen LogP contribution in [0.4, 0.5) is 0 Å². The van der Waals surface area contributed by atoms with Gasteiger partial charge in [-0.3, -0.25) is 9.69 Å². The van der Waals surface area contributed by atoms with Crippen molar-refractivity contribution in [2.45, 2.75) is 50.4 Å². The normalized spacial score (nSPS) is 15.1. The lowest BCUT2D eigenvalue weighted by Gasteiger charge is -2.50. The number of nitrogens with zero attached hydrogens (tertiary/aromatic N) is 1. The van der Waals surface area contributed by atoms with Crippen molar-refractivity contribution in [2.24, 2.45) is 0 Å². The van der Waals surface area contributed by atoms with Crippen LogP contribution in [-0.4, -0.2) is 45.8 Å². The molecule has 1 aliphatic rings. The Labute approximate surface area is 211 Å². The van der Waals surface area contributed by atoms with Crippen molar-refractivity contribution in [3.05, 3.63) is 101 Å². The summed E-state index contributed by atoms with van der Waals surface area (Å²) in [7, 11) is 0. The summed E-state index contributed by atoms with van der Waals surface area (Å²) in [6.45, 7) is 6.18. The van der Waals surface area contributed by atoms with Crippen LogP contribution < -0.4 is 0 Å². The Hall–Kier alpha value is -2.86. The molecule has 5 nitrogen and oxygen atoms in total. The molecule has 6 heteroatoms. The zero-order valence-corrected chi connectivity index (χ0v) is 20.9. The van der Waals surface area contributed by atoms with Crippen LogP contribution in [0.2, 0.25) is 5.02 Å². The zero-order chi connectivity index (χ0) is 25.1. The molecule has 2 N–H and O–H groups in total. The van der Waals surface area contributed by atoms with Crippen LogP contribution in [0.25, 0.3) is 0 Å². The standard InChI is InChI=1S/C29H32ClNO4/c1-28(2,31-18-25(19-31)35-20-21-13-14-24(30)17-26(21)32)15-16-29(27(33)34,22-9-5-3-6-10-22)23-11-7-4-8-12-23/h3-14,17,25,32H,15-16,18-20H2,1-2H3,(H,33,34). The lowest BCUT2D eigenvalue weighted by Crippen LogP contribution is -2.61. The maximum Gasteiger partial charge on any atom is 0.318 e. The number of carboxylic acid groups (broad SMARTS) is 1. The van der Waals surface area contributed by atoms with E-state index >= 15 is 0 Å². The molecule has 184 valence electrons. The number of hydrogen-bond acceptors (Lipinski definition) is 4. The number of phenols is 1. The van der Waals surface area contributed by atoms with Gasteiger partial charge in [0.2, 0.25) is 0 Å². The van der Waals surface area contributed by atoms with E-state index in [4.69, 9.17) is 16.3 Å². The van der Waals surface area contributed by atoms with E-state index in [9.17, 15) is 15.0 Å². The number of benzene rings is 3. The van der Waals surface area contributed by atoms with Crippen LogP contribution in [0, 0.1) is 0 Å². The molecule has 1 aliphatic heterocycles. The molecule has 0 unspecified atom stereocenters. The van der Waals surface area contributed by atoms with E-state index < -0.39 is 11.4 Å². The average Bonchev–Trinajstić information content (AvgIpc) is 2.81. The molecule has 0 spiro atoms. The van der Waals surface area contributed by atoms with Gasteiger partial charge in [0.1, 0.15) is 11.2 Å². The first-order chi connectivity index (χ1) is 16.7. The minimum atomic E-state index is -1.12. The van der Waals surface area contributed by atoms with Gasteiger partial charge in [-0.1, -0.05) is 78.3 Å². The molecule has 1 saturated heterocycles. The summed E-state index contributed by atoms with van der Waals surface area (Å²) in [6, 6.07) is 24.1. The summed E-state index contributed by atoms with van der Waals surface area (Å²) >= 11 is 5.90. The second-order valence-corrected chi connectivity index (χ2v) is 10.3. The van der Waals surface area contributed by atoms with Crippen molar-refractivity contribution in [2.75, 3.05) is 13.1 Å². The summed E-state index contributed by atoms with van der Waals surface area (Å²) in [4.78, 5) is 15.2. The van der Waals surface area contributed by atoms with Gasteiger partial charge in [-0.05, 0) is 49.9 Å². The summed E-state index contributed by atoms with van der Waals surface area (Å²) in [6.07, 6.45) is 1.24. The van der Waals surface area contributed by atoms with E-state index in [0.717, 1.165) is 24.2 Å². The van der Waals surface area contributed by atoms with Gasteiger partial charge in [0.15, 0.2) is 0 Å². The summed E-state index contributed by atoms with van der Waals surface area (Å²) in [5, 5.41) is 21.1. The highest BCUT2D eigenvalue weighted by Crippen LogP contribution is 2.40. The molecule has 3 aromatic rings. The van der Waals surface area contributed by atoms with Crippen LogP contribution >= 0.6 is 11.6 Å². The Bertz CT molecular complexity index is 1100. The Morgan fingerprint density at radius 1 is 0.971 bits per heavy atom. The first kappa shape index (κ1) is 25.2. The van der Waals surface area contributed by atoms with E-state index in [1.54, 1.807) is 12.1 Å². The minimum absolute atomic E-state index is 0.0665. The third-order valence-electron chi connectivity index (χ3n) is 7.24. The molecule has 0 aromatic heterocycles. The van der Waals surface area contributed by atoms with Crippen molar-refractivity contribution in [1.82, 2.24) is 4.90 Å². The predicted molar refractivity (Wildman–Crippen MR) is 138 cm³/mol. The Morgan fingerprint density at radius 3 is 2.06 bits per heavy atom. The molecule has 0 radical (unpaired) electrons. The molecule has 1 fully saturated rings. The highest BCUT2D eigenvalue weighted by molar-refractivity contribution is 6.30. The summed E-state index contributed by atoms with van der Waals surface area (Å²) in [5.74, 6) is -0.695. The van der Waals surface area contributed by atoms with Crippen molar-refractivity contribution in [3.63, 3.8) is 0 Å². The van der Waals surface area contributed by atoms with E-state index in [2.05, 4.69) is 18.7 Å². The second kappa shape index (κ2) is 10.4. The smallest absolute Gasteiger partial charge is 0.318 e. The fourth-order valence-electron chi connectivity index (χ4n) is 4.81. The molecule has 0 atom stereocenters. The SMILES string of the molecule is CC(C)(CCC(C(=O)O)(c1ccccc1)c1ccccc1)N1CC(OCc2ccc(Cl)cc2O)C1. The lowest BCUT2D eigenvalue weighted by molar-refractivity contribution is -0.143. The van der Waals surface area contributed by atoms with Crippen molar-refractivity contribution >= 4 is 17.6 Å². The van der Waals surface area contributed by atoms with E-state index in [0.29, 0.717) is 30.0 Å². The van der Waals surface area contributed by atoms with Crippen LogP contribution in [0.15, 0.2) is 78.9 Å². The van der Waals surface area contributed by atoms with Gasteiger partial charge in [-0.15, -0.1) is 0 Å². The molecular formula is C29H32ClNO4. The third-order valence-corrected chi connectivity index (χ3v) is 7.47. The first-order valence-electron chi connectivity index (χ1n) is 11.9.